The fourth-order valence-corrected chi connectivity index (χ4v) is 3.23. The van der Waals surface area contributed by atoms with Gasteiger partial charge in [0.25, 0.3) is 0 Å². The van der Waals surface area contributed by atoms with Crippen molar-refractivity contribution < 1.29 is 9.53 Å². The van der Waals surface area contributed by atoms with Crippen molar-refractivity contribution in [2.75, 3.05) is 26.7 Å². The second-order valence-corrected chi connectivity index (χ2v) is 6.25. The second kappa shape index (κ2) is 7.05. The Morgan fingerprint density at radius 1 is 1.29 bits per heavy atom. The molecule has 0 aliphatic carbocycles. The number of rotatable bonds is 4. The van der Waals surface area contributed by atoms with E-state index in [9.17, 15) is 4.79 Å². The van der Waals surface area contributed by atoms with Crippen molar-refractivity contribution in [1.29, 1.82) is 0 Å². The molecule has 2 heterocycles. The maximum atomic E-state index is 11.8. The largest absolute Gasteiger partial charge is 0.497 e. The first-order chi connectivity index (χ1) is 11.6. The van der Waals surface area contributed by atoms with Crippen molar-refractivity contribution in [2.45, 2.75) is 19.5 Å². The predicted molar refractivity (Wildman–Crippen MR) is 91.6 cm³/mol. The van der Waals surface area contributed by atoms with Gasteiger partial charge in [-0.2, -0.15) is 5.10 Å². The van der Waals surface area contributed by atoms with Gasteiger partial charge in [0.1, 0.15) is 5.75 Å². The molecular formula is C18H24N4O2. The van der Waals surface area contributed by atoms with Gasteiger partial charge in [0.2, 0.25) is 5.91 Å². The van der Waals surface area contributed by atoms with Crippen LogP contribution < -0.4 is 4.74 Å². The Morgan fingerprint density at radius 2 is 2.04 bits per heavy atom. The maximum Gasteiger partial charge on any atom is 0.219 e. The van der Waals surface area contributed by atoms with E-state index in [1.165, 1.54) is 11.1 Å². The van der Waals surface area contributed by atoms with Gasteiger partial charge in [-0.25, -0.2) is 0 Å². The molecule has 0 radical (unpaired) electrons. The van der Waals surface area contributed by atoms with Gasteiger partial charge in [-0.3, -0.25) is 14.4 Å². The van der Waals surface area contributed by atoms with Crippen LogP contribution in [0.1, 0.15) is 24.1 Å². The van der Waals surface area contributed by atoms with Crippen molar-refractivity contribution in [3.63, 3.8) is 0 Å². The fraction of sp³-hybridized carbons (Fsp3) is 0.444. The number of aromatic nitrogens is 2. The third-order valence-corrected chi connectivity index (χ3v) is 4.58. The van der Waals surface area contributed by atoms with Crippen LogP contribution in [-0.4, -0.2) is 52.2 Å². The third-order valence-electron chi connectivity index (χ3n) is 4.58. The molecule has 24 heavy (non-hydrogen) atoms. The highest BCUT2D eigenvalue weighted by Crippen LogP contribution is 2.28. The summed E-state index contributed by atoms with van der Waals surface area (Å²) in [6.45, 7) is 4.80. The first kappa shape index (κ1) is 16.5. The lowest BCUT2D eigenvalue weighted by molar-refractivity contribution is -0.132. The number of aryl methyl sites for hydroxylation is 1. The molecule has 1 aliphatic heterocycles. The summed E-state index contributed by atoms with van der Waals surface area (Å²) in [5.41, 5.74) is 2.39. The highest BCUT2D eigenvalue weighted by atomic mass is 16.5. The minimum Gasteiger partial charge on any atom is -0.497 e. The zero-order chi connectivity index (χ0) is 17.1. The smallest absolute Gasteiger partial charge is 0.219 e. The standard InChI is InChI=1S/C18H24N4O2/c1-14(23)21-8-9-22(12-15-10-19-20(2)11-15)18(13-21)16-4-6-17(24-3)7-5-16/h4-7,10-11,18H,8-9,12-13H2,1-3H3/t18-/m1/s1. The van der Waals surface area contributed by atoms with E-state index in [0.29, 0.717) is 6.54 Å². The molecule has 6 heteroatoms. The monoisotopic (exact) mass is 328 g/mol. The van der Waals surface area contributed by atoms with Gasteiger partial charge in [0.05, 0.1) is 19.3 Å². The molecule has 3 rings (SSSR count). The molecule has 0 N–H and O–H groups in total. The van der Waals surface area contributed by atoms with Crippen LogP contribution in [0.5, 0.6) is 5.75 Å². The van der Waals surface area contributed by atoms with Crippen LogP contribution in [0.15, 0.2) is 36.7 Å². The molecule has 1 atom stereocenters. The number of benzene rings is 1. The number of carbonyl (C=O) groups is 1. The SMILES string of the molecule is COc1ccc([C@H]2CN(C(C)=O)CCN2Cc2cnn(C)c2)cc1. The van der Waals surface area contributed by atoms with Crippen LogP contribution in [-0.2, 0) is 18.4 Å². The molecule has 1 saturated heterocycles. The molecule has 1 amide bonds. The number of nitrogens with zero attached hydrogens (tertiary/aromatic N) is 4. The summed E-state index contributed by atoms with van der Waals surface area (Å²) in [4.78, 5) is 16.2. The van der Waals surface area contributed by atoms with Crippen LogP contribution in [0, 0.1) is 0 Å². The lowest BCUT2D eigenvalue weighted by Gasteiger charge is -2.41. The Balaban J connectivity index is 1.83. The number of carbonyl (C=O) groups excluding carboxylic acids is 1. The van der Waals surface area contributed by atoms with E-state index in [4.69, 9.17) is 4.74 Å². The zero-order valence-corrected chi connectivity index (χ0v) is 14.5. The third kappa shape index (κ3) is 3.59. The molecule has 128 valence electrons. The normalized spacial score (nSPS) is 18.6. The summed E-state index contributed by atoms with van der Waals surface area (Å²) in [7, 11) is 3.60. The summed E-state index contributed by atoms with van der Waals surface area (Å²) in [6.07, 6.45) is 3.95. The highest BCUT2D eigenvalue weighted by Gasteiger charge is 2.29. The lowest BCUT2D eigenvalue weighted by atomic mass is 10.0. The minimum absolute atomic E-state index is 0.134. The minimum atomic E-state index is 0.134. The van der Waals surface area contributed by atoms with Crippen LogP contribution in [0.3, 0.4) is 0 Å². The molecule has 0 unspecified atom stereocenters. The number of ether oxygens (including phenoxy) is 1. The topological polar surface area (TPSA) is 50.6 Å². The first-order valence-corrected chi connectivity index (χ1v) is 8.18. The van der Waals surface area contributed by atoms with E-state index in [2.05, 4.69) is 22.1 Å². The van der Waals surface area contributed by atoms with E-state index in [1.54, 1.807) is 14.0 Å². The number of amides is 1. The molecule has 1 aliphatic rings. The molecule has 0 saturated carbocycles. The summed E-state index contributed by atoms with van der Waals surface area (Å²) < 4.78 is 7.07. The van der Waals surface area contributed by atoms with Gasteiger partial charge in [-0.1, -0.05) is 12.1 Å². The molecule has 0 bridgehead atoms. The Labute approximate surface area is 142 Å². The van der Waals surface area contributed by atoms with Crippen LogP contribution in [0.4, 0.5) is 0 Å². The Bertz CT molecular complexity index is 695. The van der Waals surface area contributed by atoms with Gasteiger partial charge < -0.3 is 9.64 Å². The van der Waals surface area contributed by atoms with E-state index < -0.39 is 0 Å². The number of methoxy groups -OCH3 is 1. The zero-order valence-electron chi connectivity index (χ0n) is 14.5. The van der Waals surface area contributed by atoms with E-state index in [-0.39, 0.29) is 11.9 Å². The molecular weight excluding hydrogens is 304 g/mol. The molecule has 0 spiro atoms. The van der Waals surface area contributed by atoms with Crippen LogP contribution >= 0.6 is 0 Å². The van der Waals surface area contributed by atoms with Crippen molar-refractivity contribution >= 4 is 5.91 Å². The lowest BCUT2D eigenvalue weighted by Crippen LogP contribution is -2.49. The molecule has 1 aromatic heterocycles. The van der Waals surface area contributed by atoms with Crippen LogP contribution in [0.2, 0.25) is 0 Å². The van der Waals surface area contributed by atoms with Gasteiger partial charge in [-0.05, 0) is 17.7 Å². The molecule has 6 nitrogen and oxygen atoms in total. The molecule has 1 aromatic carbocycles. The molecule has 2 aromatic rings. The van der Waals surface area contributed by atoms with Crippen molar-refractivity contribution in [3.05, 3.63) is 47.8 Å². The average Bonchev–Trinajstić information content (AvgIpc) is 3.00. The van der Waals surface area contributed by atoms with Crippen molar-refractivity contribution in [3.8, 4) is 5.75 Å². The van der Waals surface area contributed by atoms with E-state index in [1.807, 2.05) is 41.2 Å². The average molecular weight is 328 g/mol. The van der Waals surface area contributed by atoms with Gasteiger partial charge in [0.15, 0.2) is 0 Å². The number of piperazine rings is 1. The van der Waals surface area contributed by atoms with Crippen molar-refractivity contribution in [2.24, 2.45) is 7.05 Å². The number of hydrogen-bond donors (Lipinski definition) is 0. The summed E-state index contributed by atoms with van der Waals surface area (Å²) in [6, 6.07) is 8.30. The van der Waals surface area contributed by atoms with Gasteiger partial charge in [-0.15, -0.1) is 0 Å². The van der Waals surface area contributed by atoms with Gasteiger partial charge in [0, 0.05) is 51.9 Å². The Hall–Kier alpha value is -2.34. The quantitative estimate of drug-likeness (QED) is 0.859. The number of hydrogen-bond acceptors (Lipinski definition) is 4. The fourth-order valence-electron chi connectivity index (χ4n) is 3.23. The summed E-state index contributed by atoms with van der Waals surface area (Å²) in [5, 5.41) is 4.25. The first-order valence-electron chi connectivity index (χ1n) is 8.18. The van der Waals surface area contributed by atoms with E-state index >= 15 is 0 Å². The summed E-state index contributed by atoms with van der Waals surface area (Å²) >= 11 is 0. The summed E-state index contributed by atoms with van der Waals surface area (Å²) in [5.74, 6) is 0.978. The van der Waals surface area contributed by atoms with Crippen molar-refractivity contribution in [1.82, 2.24) is 19.6 Å². The highest BCUT2D eigenvalue weighted by molar-refractivity contribution is 5.73. The Kier molecular flexibility index (Phi) is 4.85. The molecule has 1 fully saturated rings. The van der Waals surface area contributed by atoms with E-state index in [0.717, 1.165) is 25.4 Å². The Morgan fingerprint density at radius 3 is 2.62 bits per heavy atom. The van der Waals surface area contributed by atoms with Gasteiger partial charge >= 0.3 is 0 Å². The maximum absolute atomic E-state index is 11.8. The van der Waals surface area contributed by atoms with Crippen LogP contribution in [0.25, 0.3) is 0 Å². The second-order valence-electron chi connectivity index (χ2n) is 6.25. The predicted octanol–water partition coefficient (Wildman–Crippen LogP) is 1.83.